The Morgan fingerprint density at radius 2 is 2.06 bits per heavy atom. The Hall–Kier alpha value is -0.340. The summed E-state index contributed by atoms with van der Waals surface area (Å²) in [5, 5.41) is 20.5. The van der Waals surface area contributed by atoms with Crippen LogP contribution in [0.4, 0.5) is 0 Å². The van der Waals surface area contributed by atoms with Gasteiger partial charge in [0, 0.05) is 5.41 Å². The second-order valence-corrected chi connectivity index (χ2v) is 6.88. The average Bonchev–Trinajstić information content (AvgIpc) is 2.22. The van der Waals surface area contributed by atoms with Gasteiger partial charge in [0.15, 0.2) is 0 Å². The number of hydrogen-bond acceptors (Lipinski definition) is 2. The molecule has 2 aliphatic rings. The third-order valence-electron chi connectivity index (χ3n) is 5.32. The molecule has 2 N–H and O–H groups in total. The third kappa shape index (κ3) is 2.17. The highest BCUT2D eigenvalue weighted by molar-refractivity contribution is 5.18. The van der Waals surface area contributed by atoms with Crippen molar-refractivity contribution in [2.45, 2.75) is 65.1 Å². The monoisotopic (exact) mass is 238 g/mol. The summed E-state index contributed by atoms with van der Waals surface area (Å²) in [6.07, 6.45) is 5.84. The first kappa shape index (κ1) is 13.1. The first-order valence-electron chi connectivity index (χ1n) is 6.82. The van der Waals surface area contributed by atoms with Crippen molar-refractivity contribution in [3.05, 3.63) is 11.6 Å². The van der Waals surface area contributed by atoms with Crippen molar-refractivity contribution >= 4 is 0 Å². The molecule has 0 aromatic rings. The molecule has 1 saturated carbocycles. The van der Waals surface area contributed by atoms with Crippen LogP contribution in [0.5, 0.6) is 0 Å². The van der Waals surface area contributed by atoms with Gasteiger partial charge >= 0.3 is 0 Å². The molecule has 1 fully saturated rings. The Labute approximate surface area is 105 Å². The Morgan fingerprint density at radius 1 is 1.41 bits per heavy atom. The summed E-state index contributed by atoms with van der Waals surface area (Å²) in [7, 11) is 0. The predicted molar refractivity (Wildman–Crippen MR) is 69.6 cm³/mol. The average molecular weight is 238 g/mol. The van der Waals surface area contributed by atoms with Gasteiger partial charge in [0.25, 0.3) is 0 Å². The van der Waals surface area contributed by atoms with Gasteiger partial charge in [0.2, 0.25) is 0 Å². The van der Waals surface area contributed by atoms with Crippen molar-refractivity contribution < 1.29 is 10.2 Å². The van der Waals surface area contributed by atoms with Gasteiger partial charge in [-0.3, -0.25) is 0 Å². The fraction of sp³-hybridized carbons (Fsp3) is 0.867. The third-order valence-corrected chi connectivity index (χ3v) is 5.32. The quantitative estimate of drug-likeness (QED) is 0.690. The topological polar surface area (TPSA) is 40.5 Å². The molecule has 4 unspecified atom stereocenters. The zero-order chi connectivity index (χ0) is 12.8. The van der Waals surface area contributed by atoms with Gasteiger partial charge in [-0.25, -0.2) is 0 Å². The maximum Gasteiger partial charge on any atom is 0.0633 e. The number of hydrogen-bond donors (Lipinski definition) is 2. The van der Waals surface area contributed by atoms with Crippen LogP contribution in [0.1, 0.15) is 53.4 Å². The van der Waals surface area contributed by atoms with E-state index >= 15 is 0 Å². The van der Waals surface area contributed by atoms with Gasteiger partial charge in [-0.05, 0) is 58.3 Å². The second-order valence-electron chi connectivity index (χ2n) is 6.88. The van der Waals surface area contributed by atoms with Crippen LogP contribution < -0.4 is 0 Å². The van der Waals surface area contributed by atoms with Crippen molar-refractivity contribution in [2.24, 2.45) is 17.3 Å². The summed E-state index contributed by atoms with van der Waals surface area (Å²) in [4.78, 5) is 0. The summed E-state index contributed by atoms with van der Waals surface area (Å²) < 4.78 is 0. The summed E-state index contributed by atoms with van der Waals surface area (Å²) in [5.41, 5.74) is 0.844. The Morgan fingerprint density at radius 3 is 2.65 bits per heavy atom. The van der Waals surface area contributed by atoms with Crippen LogP contribution in [0.3, 0.4) is 0 Å². The lowest BCUT2D eigenvalue weighted by atomic mass is 9.55. The first-order chi connectivity index (χ1) is 7.75. The largest absolute Gasteiger partial charge is 0.392 e. The molecule has 0 aromatic carbocycles. The van der Waals surface area contributed by atoms with Crippen LogP contribution in [0, 0.1) is 17.3 Å². The predicted octanol–water partition coefficient (Wildman–Crippen LogP) is 2.89. The molecule has 17 heavy (non-hydrogen) atoms. The van der Waals surface area contributed by atoms with Crippen LogP contribution in [0.25, 0.3) is 0 Å². The van der Waals surface area contributed by atoms with Gasteiger partial charge in [0.05, 0.1) is 11.7 Å². The maximum absolute atomic E-state index is 10.3. The van der Waals surface area contributed by atoms with Gasteiger partial charge in [-0.15, -0.1) is 0 Å². The summed E-state index contributed by atoms with van der Waals surface area (Å²) in [6.45, 7) is 8.23. The van der Waals surface area contributed by atoms with E-state index in [0.717, 1.165) is 25.7 Å². The Balaban J connectivity index is 2.24. The van der Waals surface area contributed by atoms with E-state index in [1.165, 1.54) is 5.57 Å². The highest BCUT2D eigenvalue weighted by Crippen LogP contribution is 2.53. The SMILES string of the molecule is CC1=CCC(O)C2(C)CCC(C(C)(C)O)CC12. The molecular formula is C15H26O2. The highest BCUT2D eigenvalue weighted by atomic mass is 16.3. The van der Waals surface area contributed by atoms with E-state index in [0.29, 0.717) is 11.8 Å². The molecule has 4 atom stereocenters. The normalized spacial score (nSPS) is 42.9. The lowest BCUT2D eigenvalue weighted by Gasteiger charge is -2.52. The summed E-state index contributed by atoms with van der Waals surface area (Å²) in [5.74, 6) is 0.797. The molecule has 0 aromatic heterocycles. The van der Waals surface area contributed by atoms with E-state index in [1.807, 2.05) is 13.8 Å². The van der Waals surface area contributed by atoms with Crippen LogP contribution >= 0.6 is 0 Å². The number of aliphatic hydroxyl groups is 2. The van der Waals surface area contributed by atoms with Crippen molar-refractivity contribution in [1.29, 1.82) is 0 Å². The Kier molecular flexibility index (Phi) is 3.16. The minimum Gasteiger partial charge on any atom is -0.392 e. The zero-order valence-electron chi connectivity index (χ0n) is 11.5. The van der Waals surface area contributed by atoms with E-state index in [1.54, 1.807) is 0 Å². The molecule has 2 rings (SSSR count). The summed E-state index contributed by atoms with van der Waals surface area (Å²) in [6, 6.07) is 0. The van der Waals surface area contributed by atoms with Gasteiger partial charge in [0.1, 0.15) is 0 Å². The molecule has 2 nitrogen and oxygen atoms in total. The molecule has 0 heterocycles. The minimum atomic E-state index is -0.593. The van der Waals surface area contributed by atoms with Gasteiger partial charge < -0.3 is 10.2 Å². The molecule has 0 aliphatic heterocycles. The molecule has 98 valence electrons. The van der Waals surface area contributed by atoms with E-state index < -0.39 is 5.60 Å². The van der Waals surface area contributed by atoms with Crippen LogP contribution in [-0.4, -0.2) is 21.9 Å². The van der Waals surface area contributed by atoms with Crippen molar-refractivity contribution in [3.8, 4) is 0 Å². The fourth-order valence-corrected chi connectivity index (χ4v) is 3.79. The maximum atomic E-state index is 10.3. The lowest BCUT2D eigenvalue weighted by molar-refractivity contribution is -0.0797. The standard InChI is InChI=1S/C15H26O2/c1-10-5-6-13(16)15(4)8-7-11(9-12(10)15)14(2,3)17/h5,11-13,16-17H,6-9H2,1-4H3. The molecule has 0 saturated heterocycles. The van der Waals surface area contributed by atoms with E-state index in [4.69, 9.17) is 0 Å². The molecule has 2 heteroatoms. The second kappa shape index (κ2) is 4.10. The van der Waals surface area contributed by atoms with Gasteiger partial charge in [-0.1, -0.05) is 18.6 Å². The highest BCUT2D eigenvalue weighted by Gasteiger charge is 2.49. The number of fused-ring (bicyclic) bond motifs is 1. The van der Waals surface area contributed by atoms with Crippen LogP contribution in [0.15, 0.2) is 11.6 Å². The molecular weight excluding hydrogens is 212 g/mol. The summed E-state index contributed by atoms with van der Waals surface area (Å²) >= 11 is 0. The van der Waals surface area contributed by atoms with E-state index in [9.17, 15) is 10.2 Å². The van der Waals surface area contributed by atoms with E-state index in [2.05, 4.69) is 19.9 Å². The van der Waals surface area contributed by atoms with Gasteiger partial charge in [-0.2, -0.15) is 0 Å². The van der Waals surface area contributed by atoms with E-state index in [-0.39, 0.29) is 11.5 Å². The number of allylic oxidation sites excluding steroid dienone is 1. The molecule has 0 radical (unpaired) electrons. The van der Waals surface area contributed by atoms with Crippen molar-refractivity contribution in [3.63, 3.8) is 0 Å². The number of aliphatic hydroxyl groups excluding tert-OH is 1. The smallest absolute Gasteiger partial charge is 0.0633 e. The fourth-order valence-electron chi connectivity index (χ4n) is 3.79. The van der Waals surface area contributed by atoms with Crippen LogP contribution in [-0.2, 0) is 0 Å². The van der Waals surface area contributed by atoms with Crippen molar-refractivity contribution in [2.75, 3.05) is 0 Å². The van der Waals surface area contributed by atoms with Crippen LogP contribution in [0.2, 0.25) is 0 Å². The zero-order valence-corrected chi connectivity index (χ0v) is 11.5. The lowest BCUT2D eigenvalue weighted by Crippen LogP contribution is -2.49. The molecule has 0 bridgehead atoms. The molecule has 0 spiro atoms. The minimum absolute atomic E-state index is 0.0284. The van der Waals surface area contributed by atoms with Crippen molar-refractivity contribution in [1.82, 2.24) is 0 Å². The first-order valence-corrected chi connectivity index (χ1v) is 6.82. The molecule has 0 amide bonds. The Bertz CT molecular complexity index is 326. The number of rotatable bonds is 1. The molecule has 2 aliphatic carbocycles.